The molecular weight excluding hydrogens is 276 g/mol. The lowest BCUT2D eigenvalue weighted by molar-refractivity contribution is 0.0563. The lowest BCUT2D eigenvalue weighted by Crippen LogP contribution is -2.04. The van der Waals surface area contributed by atoms with E-state index in [2.05, 4.69) is 4.74 Å². The first-order chi connectivity index (χ1) is 10.1. The van der Waals surface area contributed by atoms with Crippen molar-refractivity contribution in [2.45, 2.75) is 0 Å². The summed E-state index contributed by atoms with van der Waals surface area (Å²) in [5.41, 5.74) is 0.309. The molecule has 0 aliphatic carbocycles. The minimum atomic E-state index is -0.643. The normalized spacial score (nSPS) is 10.0. The van der Waals surface area contributed by atoms with E-state index >= 15 is 0 Å². The average molecular weight is 290 g/mol. The van der Waals surface area contributed by atoms with Gasteiger partial charge in [0.05, 0.1) is 26.9 Å². The number of benzene rings is 1. The van der Waals surface area contributed by atoms with Crippen LogP contribution in [-0.4, -0.2) is 33.1 Å². The smallest absolute Gasteiger partial charge is 0.373 e. The molecule has 1 aromatic heterocycles. The van der Waals surface area contributed by atoms with Crippen molar-refractivity contribution in [3.8, 4) is 11.5 Å². The number of carbonyl (C=O) groups excluding carboxylic acids is 2. The van der Waals surface area contributed by atoms with Gasteiger partial charge in [-0.1, -0.05) is 0 Å². The molecule has 0 unspecified atom stereocenters. The maximum Gasteiger partial charge on any atom is 0.373 e. The molecule has 6 heteroatoms. The van der Waals surface area contributed by atoms with Crippen LogP contribution in [0.25, 0.3) is 0 Å². The third-order valence-electron chi connectivity index (χ3n) is 2.87. The zero-order valence-electron chi connectivity index (χ0n) is 11.8. The third-order valence-corrected chi connectivity index (χ3v) is 2.87. The Morgan fingerprint density at radius 2 is 1.67 bits per heavy atom. The highest BCUT2D eigenvalue weighted by Gasteiger charge is 2.20. The van der Waals surface area contributed by atoms with E-state index in [4.69, 9.17) is 13.9 Å². The van der Waals surface area contributed by atoms with Gasteiger partial charge in [0.2, 0.25) is 11.5 Å². The van der Waals surface area contributed by atoms with Crippen molar-refractivity contribution in [3.05, 3.63) is 47.4 Å². The van der Waals surface area contributed by atoms with Gasteiger partial charge in [0.15, 0.2) is 5.76 Å². The molecule has 6 nitrogen and oxygen atoms in total. The van der Waals surface area contributed by atoms with E-state index < -0.39 is 11.8 Å². The minimum Gasteiger partial charge on any atom is -0.497 e. The number of esters is 1. The molecule has 0 N–H and O–H groups in total. The van der Waals surface area contributed by atoms with Crippen molar-refractivity contribution in [1.82, 2.24) is 0 Å². The molecule has 0 saturated carbocycles. The zero-order valence-corrected chi connectivity index (χ0v) is 11.8. The van der Waals surface area contributed by atoms with Crippen LogP contribution >= 0.6 is 0 Å². The molecular formula is C15H14O6. The summed E-state index contributed by atoms with van der Waals surface area (Å²) in [5.74, 6) is -0.124. The third kappa shape index (κ3) is 2.89. The van der Waals surface area contributed by atoms with Crippen molar-refractivity contribution in [3.63, 3.8) is 0 Å². The van der Waals surface area contributed by atoms with Crippen LogP contribution in [0.2, 0.25) is 0 Å². The van der Waals surface area contributed by atoms with Gasteiger partial charge in [-0.05, 0) is 24.3 Å². The van der Waals surface area contributed by atoms with E-state index in [1.165, 1.54) is 33.5 Å². The Kier molecular flexibility index (Phi) is 4.27. The largest absolute Gasteiger partial charge is 0.497 e. The van der Waals surface area contributed by atoms with Gasteiger partial charge in [0.25, 0.3) is 0 Å². The lowest BCUT2D eigenvalue weighted by Gasteiger charge is -2.08. The minimum absolute atomic E-state index is 0.0267. The first-order valence-electron chi connectivity index (χ1n) is 6.05. The molecule has 0 aliphatic heterocycles. The molecule has 0 radical (unpaired) electrons. The van der Waals surface area contributed by atoms with Crippen molar-refractivity contribution >= 4 is 11.8 Å². The van der Waals surface area contributed by atoms with Crippen LogP contribution in [0.5, 0.6) is 11.5 Å². The van der Waals surface area contributed by atoms with Gasteiger partial charge in [-0.3, -0.25) is 4.79 Å². The number of methoxy groups -OCH3 is 3. The second-order valence-electron chi connectivity index (χ2n) is 4.05. The van der Waals surface area contributed by atoms with Gasteiger partial charge in [-0.2, -0.15) is 0 Å². The molecule has 2 rings (SSSR count). The van der Waals surface area contributed by atoms with Gasteiger partial charge < -0.3 is 18.6 Å². The molecule has 1 aromatic carbocycles. The fourth-order valence-electron chi connectivity index (χ4n) is 1.79. The van der Waals surface area contributed by atoms with Crippen LogP contribution in [-0.2, 0) is 4.74 Å². The lowest BCUT2D eigenvalue weighted by atomic mass is 10.1. The molecule has 0 saturated heterocycles. The number of ether oxygens (including phenoxy) is 3. The van der Waals surface area contributed by atoms with Crippen LogP contribution in [0.3, 0.4) is 0 Å². The Labute approximate surface area is 121 Å². The summed E-state index contributed by atoms with van der Waals surface area (Å²) in [7, 11) is 4.21. The van der Waals surface area contributed by atoms with E-state index in [1.54, 1.807) is 18.2 Å². The van der Waals surface area contributed by atoms with E-state index in [9.17, 15) is 9.59 Å². The van der Waals surface area contributed by atoms with Crippen molar-refractivity contribution < 1.29 is 28.2 Å². The summed E-state index contributed by atoms with van der Waals surface area (Å²) in [6.45, 7) is 0. The standard InChI is InChI=1S/C15H14O6/c1-18-9-4-5-10(13(8-9)19-2)14(16)11-6-7-12(21-11)15(17)20-3/h4-8H,1-3H3. The van der Waals surface area contributed by atoms with E-state index in [0.717, 1.165) is 0 Å². The quantitative estimate of drug-likeness (QED) is 0.621. The Bertz CT molecular complexity index is 671. The molecule has 0 bridgehead atoms. The highest BCUT2D eigenvalue weighted by atomic mass is 16.5. The van der Waals surface area contributed by atoms with Gasteiger partial charge in [0, 0.05) is 6.07 Å². The van der Waals surface area contributed by atoms with Crippen LogP contribution in [0, 0.1) is 0 Å². The Hall–Kier alpha value is -2.76. The van der Waals surface area contributed by atoms with Gasteiger partial charge >= 0.3 is 5.97 Å². The fourth-order valence-corrected chi connectivity index (χ4v) is 1.79. The number of hydrogen-bond acceptors (Lipinski definition) is 6. The summed E-state index contributed by atoms with van der Waals surface area (Å²) < 4.78 is 20.0. The highest BCUT2D eigenvalue weighted by molar-refractivity contribution is 6.09. The van der Waals surface area contributed by atoms with Crippen LogP contribution in [0.4, 0.5) is 0 Å². The number of carbonyl (C=O) groups is 2. The van der Waals surface area contributed by atoms with Crippen molar-refractivity contribution in [2.24, 2.45) is 0 Å². The van der Waals surface area contributed by atoms with E-state index in [0.29, 0.717) is 17.1 Å². The van der Waals surface area contributed by atoms with Crippen molar-refractivity contribution in [2.75, 3.05) is 21.3 Å². The fraction of sp³-hybridized carbons (Fsp3) is 0.200. The first-order valence-corrected chi connectivity index (χ1v) is 6.05. The van der Waals surface area contributed by atoms with Gasteiger partial charge in [-0.15, -0.1) is 0 Å². The van der Waals surface area contributed by atoms with Gasteiger partial charge in [-0.25, -0.2) is 4.79 Å². The molecule has 0 amide bonds. The predicted octanol–water partition coefficient (Wildman–Crippen LogP) is 2.31. The summed E-state index contributed by atoms with van der Waals surface area (Å²) in [6, 6.07) is 7.60. The summed E-state index contributed by atoms with van der Waals surface area (Å²) in [4.78, 5) is 23.7. The number of ketones is 1. The monoisotopic (exact) mass is 290 g/mol. The second-order valence-corrected chi connectivity index (χ2v) is 4.05. The summed E-state index contributed by atoms with van der Waals surface area (Å²) in [5, 5.41) is 0. The molecule has 2 aromatic rings. The van der Waals surface area contributed by atoms with Crippen molar-refractivity contribution in [1.29, 1.82) is 0 Å². The summed E-state index contributed by atoms with van der Waals surface area (Å²) >= 11 is 0. The zero-order chi connectivity index (χ0) is 15.4. The Morgan fingerprint density at radius 1 is 0.952 bits per heavy atom. The Morgan fingerprint density at radius 3 is 2.29 bits per heavy atom. The maximum absolute atomic E-state index is 12.4. The average Bonchev–Trinajstić information content (AvgIpc) is 3.02. The number of rotatable bonds is 5. The molecule has 0 atom stereocenters. The van der Waals surface area contributed by atoms with Crippen LogP contribution < -0.4 is 9.47 Å². The molecule has 0 fully saturated rings. The molecule has 0 spiro atoms. The predicted molar refractivity (Wildman–Crippen MR) is 73.0 cm³/mol. The maximum atomic E-state index is 12.4. The van der Waals surface area contributed by atoms with Crippen LogP contribution in [0.15, 0.2) is 34.7 Å². The highest BCUT2D eigenvalue weighted by Crippen LogP contribution is 2.27. The van der Waals surface area contributed by atoms with E-state index in [-0.39, 0.29) is 11.5 Å². The number of furan rings is 1. The second kappa shape index (κ2) is 6.13. The first kappa shape index (κ1) is 14.6. The molecule has 0 aliphatic rings. The summed E-state index contributed by atoms with van der Waals surface area (Å²) in [6.07, 6.45) is 0. The molecule has 1 heterocycles. The van der Waals surface area contributed by atoms with Crippen LogP contribution in [0.1, 0.15) is 26.7 Å². The number of hydrogen-bond donors (Lipinski definition) is 0. The Balaban J connectivity index is 2.35. The topological polar surface area (TPSA) is 75.0 Å². The SMILES string of the molecule is COC(=O)c1ccc(C(=O)c2ccc(OC)cc2OC)o1. The molecule has 21 heavy (non-hydrogen) atoms. The molecule has 110 valence electrons. The van der Waals surface area contributed by atoms with Gasteiger partial charge in [0.1, 0.15) is 11.5 Å². The van der Waals surface area contributed by atoms with E-state index in [1.807, 2.05) is 0 Å².